The van der Waals surface area contributed by atoms with E-state index >= 15 is 0 Å². The van der Waals surface area contributed by atoms with E-state index in [0.29, 0.717) is 19.3 Å². The molecule has 1 aromatic rings. The molecule has 0 aromatic heterocycles. The summed E-state index contributed by atoms with van der Waals surface area (Å²) >= 11 is 2.03. The molecule has 1 unspecified atom stereocenters. The number of unbranched alkanes of at least 4 members (excludes halogenated alkanes) is 1. The Bertz CT molecular complexity index is 425. The highest BCUT2D eigenvalue weighted by molar-refractivity contribution is 7.99. The Morgan fingerprint density at radius 3 is 2.71 bits per heavy atom. The van der Waals surface area contributed by atoms with Crippen LogP contribution in [0.3, 0.4) is 0 Å². The molecule has 2 rings (SSSR count). The minimum Gasteiger partial charge on any atom is -0.486 e. The van der Waals surface area contributed by atoms with E-state index in [1.807, 2.05) is 17.8 Å². The summed E-state index contributed by atoms with van der Waals surface area (Å²) in [5.74, 6) is 4.11. The van der Waals surface area contributed by atoms with Crippen LogP contribution in [0.15, 0.2) is 18.2 Å². The van der Waals surface area contributed by atoms with Crippen LogP contribution < -0.4 is 14.8 Å². The number of nitrogens with one attached hydrogen (secondary N) is 1. The van der Waals surface area contributed by atoms with Crippen molar-refractivity contribution in [3.63, 3.8) is 0 Å². The van der Waals surface area contributed by atoms with Gasteiger partial charge in [0.1, 0.15) is 13.2 Å². The molecule has 0 bridgehead atoms. The first-order valence-electron chi connectivity index (χ1n) is 8.05. The van der Waals surface area contributed by atoms with Crippen molar-refractivity contribution in [3.8, 4) is 11.5 Å². The van der Waals surface area contributed by atoms with Gasteiger partial charge in [-0.05, 0) is 42.8 Å². The van der Waals surface area contributed by atoms with Gasteiger partial charge in [0.15, 0.2) is 11.5 Å². The van der Waals surface area contributed by atoms with E-state index in [2.05, 4.69) is 31.3 Å². The highest BCUT2D eigenvalue weighted by atomic mass is 32.2. The lowest BCUT2D eigenvalue weighted by Gasteiger charge is -2.23. The largest absolute Gasteiger partial charge is 0.486 e. The van der Waals surface area contributed by atoms with Crippen molar-refractivity contribution < 1.29 is 9.47 Å². The predicted molar refractivity (Wildman–Crippen MR) is 90.7 cm³/mol. The molecule has 1 aliphatic rings. The third-order valence-electron chi connectivity index (χ3n) is 3.54. The number of hydrogen-bond donors (Lipinski definition) is 1. The van der Waals surface area contributed by atoms with Crippen molar-refractivity contribution in [3.05, 3.63) is 23.8 Å². The van der Waals surface area contributed by atoms with Crippen molar-refractivity contribution in [2.24, 2.45) is 0 Å². The van der Waals surface area contributed by atoms with Gasteiger partial charge in [0.25, 0.3) is 0 Å². The van der Waals surface area contributed by atoms with E-state index < -0.39 is 0 Å². The van der Waals surface area contributed by atoms with Crippen molar-refractivity contribution in [1.29, 1.82) is 0 Å². The van der Waals surface area contributed by atoms with E-state index in [0.717, 1.165) is 30.2 Å². The first kappa shape index (κ1) is 16.5. The highest BCUT2D eigenvalue weighted by Crippen LogP contribution is 2.33. The van der Waals surface area contributed by atoms with Crippen LogP contribution in [0.1, 0.15) is 44.7 Å². The lowest BCUT2D eigenvalue weighted by molar-refractivity contribution is 0.171. The van der Waals surface area contributed by atoms with Gasteiger partial charge in [0.2, 0.25) is 0 Å². The Morgan fingerprint density at radius 1 is 1.14 bits per heavy atom. The van der Waals surface area contributed by atoms with Crippen LogP contribution >= 0.6 is 11.8 Å². The van der Waals surface area contributed by atoms with Gasteiger partial charge >= 0.3 is 0 Å². The summed E-state index contributed by atoms with van der Waals surface area (Å²) in [5.41, 5.74) is 1.30. The summed E-state index contributed by atoms with van der Waals surface area (Å²) in [5, 5.41) is 3.65. The fourth-order valence-corrected chi connectivity index (χ4v) is 3.52. The normalized spacial score (nSPS) is 15.0. The zero-order valence-electron chi connectivity index (χ0n) is 13.2. The Balaban J connectivity index is 2.00. The lowest BCUT2D eigenvalue weighted by Crippen LogP contribution is -2.24. The molecule has 4 heteroatoms. The molecule has 0 aliphatic carbocycles. The average molecular weight is 309 g/mol. The number of ether oxygens (including phenoxy) is 2. The highest BCUT2D eigenvalue weighted by Gasteiger charge is 2.16. The standard InChI is InChI=1S/C17H27NO2S/c1-3-5-11-21-13-15(18-8-4-2)14-6-7-16-17(12-14)20-10-9-19-16/h6-7,12,15,18H,3-5,8-11,13H2,1-2H3. The minimum absolute atomic E-state index is 0.391. The quantitative estimate of drug-likeness (QED) is 0.698. The van der Waals surface area contributed by atoms with Crippen LogP contribution in [-0.4, -0.2) is 31.3 Å². The second-order valence-electron chi connectivity index (χ2n) is 5.34. The van der Waals surface area contributed by atoms with Crippen LogP contribution in [0.5, 0.6) is 11.5 Å². The molecular formula is C17H27NO2S. The van der Waals surface area contributed by atoms with Crippen molar-refractivity contribution in [2.75, 3.05) is 31.3 Å². The van der Waals surface area contributed by atoms with Crippen LogP contribution in [0.2, 0.25) is 0 Å². The average Bonchev–Trinajstić information content (AvgIpc) is 2.54. The van der Waals surface area contributed by atoms with Gasteiger partial charge in [0.05, 0.1) is 0 Å². The molecule has 1 aliphatic heterocycles. The van der Waals surface area contributed by atoms with Crippen molar-refractivity contribution in [1.82, 2.24) is 5.32 Å². The monoisotopic (exact) mass is 309 g/mol. The smallest absolute Gasteiger partial charge is 0.161 e. The van der Waals surface area contributed by atoms with E-state index in [1.165, 1.54) is 24.2 Å². The summed E-state index contributed by atoms with van der Waals surface area (Å²) in [4.78, 5) is 0. The zero-order chi connectivity index (χ0) is 14.9. The maximum atomic E-state index is 5.70. The van der Waals surface area contributed by atoms with Gasteiger partial charge in [-0.25, -0.2) is 0 Å². The number of rotatable bonds is 9. The molecule has 0 saturated heterocycles. The van der Waals surface area contributed by atoms with Gasteiger partial charge in [-0.2, -0.15) is 11.8 Å². The number of hydrogen-bond acceptors (Lipinski definition) is 4. The van der Waals surface area contributed by atoms with E-state index in [1.54, 1.807) is 0 Å². The zero-order valence-corrected chi connectivity index (χ0v) is 14.0. The van der Waals surface area contributed by atoms with Crippen molar-refractivity contribution in [2.45, 2.75) is 39.2 Å². The summed E-state index contributed by atoms with van der Waals surface area (Å²) in [7, 11) is 0. The van der Waals surface area contributed by atoms with E-state index in [-0.39, 0.29) is 0 Å². The number of benzene rings is 1. The van der Waals surface area contributed by atoms with Gasteiger partial charge in [-0.1, -0.05) is 26.3 Å². The molecule has 0 radical (unpaired) electrons. The van der Waals surface area contributed by atoms with Crippen molar-refractivity contribution >= 4 is 11.8 Å². The molecule has 118 valence electrons. The Hall–Kier alpha value is -0.870. The predicted octanol–water partition coefficient (Wildman–Crippen LogP) is 4.03. The number of thioether (sulfide) groups is 1. The molecule has 1 heterocycles. The molecule has 0 fully saturated rings. The minimum atomic E-state index is 0.391. The SMILES string of the molecule is CCCCSCC(NCCC)c1ccc2c(c1)OCCO2. The van der Waals surface area contributed by atoms with Gasteiger partial charge in [-0.3, -0.25) is 0 Å². The summed E-state index contributed by atoms with van der Waals surface area (Å²) in [6, 6.07) is 6.74. The lowest BCUT2D eigenvalue weighted by atomic mass is 10.1. The molecule has 21 heavy (non-hydrogen) atoms. The number of fused-ring (bicyclic) bond motifs is 1. The van der Waals surface area contributed by atoms with Crippen LogP contribution in [0, 0.1) is 0 Å². The fourth-order valence-electron chi connectivity index (χ4n) is 2.32. The molecule has 0 spiro atoms. The van der Waals surface area contributed by atoms with Gasteiger partial charge in [-0.15, -0.1) is 0 Å². The first-order valence-corrected chi connectivity index (χ1v) is 9.21. The van der Waals surface area contributed by atoms with Crippen LogP contribution in [0.25, 0.3) is 0 Å². The molecule has 1 atom stereocenters. The fraction of sp³-hybridized carbons (Fsp3) is 0.647. The topological polar surface area (TPSA) is 30.5 Å². The maximum Gasteiger partial charge on any atom is 0.161 e. The molecule has 1 N–H and O–H groups in total. The molecular weight excluding hydrogens is 282 g/mol. The molecule has 3 nitrogen and oxygen atoms in total. The molecule has 0 saturated carbocycles. The maximum absolute atomic E-state index is 5.70. The van der Waals surface area contributed by atoms with Gasteiger partial charge < -0.3 is 14.8 Å². The molecule has 1 aromatic carbocycles. The van der Waals surface area contributed by atoms with Crippen LogP contribution in [-0.2, 0) is 0 Å². The summed E-state index contributed by atoms with van der Waals surface area (Å²) < 4.78 is 11.3. The first-order chi connectivity index (χ1) is 10.3. The third-order valence-corrected chi connectivity index (χ3v) is 4.68. The summed E-state index contributed by atoms with van der Waals surface area (Å²) in [6.07, 6.45) is 3.72. The molecule has 0 amide bonds. The Kier molecular flexibility index (Phi) is 7.24. The van der Waals surface area contributed by atoms with Crippen LogP contribution in [0.4, 0.5) is 0 Å². The Labute approximate surface area is 132 Å². The third kappa shape index (κ3) is 5.11. The second-order valence-corrected chi connectivity index (χ2v) is 6.49. The second kappa shape index (κ2) is 9.21. The van der Waals surface area contributed by atoms with Gasteiger partial charge in [0, 0.05) is 11.8 Å². The van der Waals surface area contributed by atoms with E-state index in [9.17, 15) is 0 Å². The van der Waals surface area contributed by atoms with E-state index in [4.69, 9.17) is 9.47 Å². The Morgan fingerprint density at radius 2 is 1.95 bits per heavy atom. The summed E-state index contributed by atoms with van der Waals surface area (Å²) in [6.45, 7) is 6.80.